The fourth-order valence-corrected chi connectivity index (χ4v) is 5.23. The maximum atomic E-state index is 13.0. The third kappa shape index (κ3) is 3.99. The van der Waals surface area contributed by atoms with Crippen LogP contribution < -0.4 is 10.5 Å². The van der Waals surface area contributed by atoms with Crippen molar-refractivity contribution in [1.82, 2.24) is 19.5 Å². The van der Waals surface area contributed by atoms with E-state index < -0.39 is 38.3 Å². The fourth-order valence-electron chi connectivity index (χ4n) is 3.63. The van der Waals surface area contributed by atoms with Crippen molar-refractivity contribution in [3.8, 4) is 5.88 Å². The third-order valence-corrected chi connectivity index (χ3v) is 6.62. The van der Waals surface area contributed by atoms with Crippen molar-refractivity contribution in [3.05, 3.63) is 6.33 Å². The van der Waals surface area contributed by atoms with Gasteiger partial charge in [-0.15, -0.1) is 0 Å². The van der Waals surface area contributed by atoms with Gasteiger partial charge in [-0.1, -0.05) is 6.92 Å². The summed E-state index contributed by atoms with van der Waals surface area (Å²) in [5, 5.41) is 0. The number of nitrogens with two attached hydrogens (primary N) is 1. The molecular weight excluding hydrogens is 433 g/mol. The molecule has 6 atom stereocenters. The number of methoxy groups -OCH3 is 1. The second-order valence-corrected chi connectivity index (χ2v) is 8.73. The summed E-state index contributed by atoms with van der Waals surface area (Å²) in [5.74, 6) is -0.672. The number of ether oxygens (including phenoxy) is 3. The summed E-state index contributed by atoms with van der Waals surface area (Å²) in [6.07, 6.45) is -1.25. The number of nitrogens with zero attached hydrogens (tertiary/aromatic N) is 4. The van der Waals surface area contributed by atoms with Gasteiger partial charge in [-0.25, -0.2) is 14.3 Å². The van der Waals surface area contributed by atoms with Crippen LogP contribution in [0.25, 0.3) is 11.2 Å². The number of hydrogen-bond acceptors (Lipinski definition) is 12. The molecule has 13 nitrogen and oxygen atoms in total. The molecule has 0 radical (unpaired) electrons. The van der Waals surface area contributed by atoms with E-state index in [0.717, 1.165) is 0 Å². The zero-order chi connectivity index (χ0) is 22.3. The Morgan fingerprint density at radius 2 is 2.23 bits per heavy atom. The highest BCUT2D eigenvalue weighted by Crippen LogP contribution is 2.58. The van der Waals surface area contributed by atoms with Crippen LogP contribution in [0.4, 0.5) is 5.95 Å². The first kappa shape index (κ1) is 21.9. The molecule has 2 N–H and O–H groups in total. The number of aromatic nitrogens is 4. The van der Waals surface area contributed by atoms with Crippen LogP contribution in [0.1, 0.15) is 27.0 Å². The number of hydrogen-bond donors (Lipinski definition) is 1. The van der Waals surface area contributed by atoms with Gasteiger partial charge in [0.05, 0.1) is 26.7 Å². The molecule has 170 valence electrons. The van der Waals surface area contributed by atoms with Gasteiger partial charge < -0.3 is 19.9 Å². The van der Waals surface area contributed by atoms with Crippen molar-refractivity contribution >= 4 is 30.9 Å². The van der Waals surface area contributed by atoms with Gasteiger partial charge in [0.15, 0.2) is 17.3 Å². The Morgan fingerprint density at radius 3 is 2.94 bits per heavy atom. The minimum atomic E-state index is -4.00. The monoisotopic (exact) mass is 457 g/mol. The van der Waals surface area contributed by atoms with Crippen molar-refractivity contribution < 1.29 is 37.1 Å². The number of carbonyl (C=O) groups is 1. The molecule has 0 spiro atoms. The SMILES string of the molecule is CCOC(=O)[C@H](C)O[P@@]1(=O)OC[C@H]2O[C@@H](n3cnc4c(OC)nc(N)nc43)[C@@H](C)[C@@H]2O1. The normalized spacial score (nSPS) is 31.4. The number of phosphoric acid groups is 1. The maximum absolute atomic E-state index is 13.0. The highest BCUT2D eigenvalue weighted by atomic mass is 31.2. The van der Waals surface area contributed by atoms with E-state index in [0.29, 0.717) is 11.2 Å². The summed E-state index contributed by atoms with van der Waals surface area (Å²) in [6.45, 7) is 5.09. The number of carbonyl (C=O) groups excluding carboxylic acids is 1. The fraction of sp³-hybridized carbons (Fsp3) is 0.647. The number of phosphoric ester groups is 1. The van der Waals surface area contributed by atoms with Gasteiger partial charge in [0.25, 0.3) is 0 Å². The molecule has 0 saturated carbocycles. The molecule has 2 aromatic heterocycles. The van der Waals surface area contributed by atoms with Crippen LogP contribution in [0.3, 0.4) is 0 Å². The topological polar surface area (TPSA) is 159 Å². The molecule has 0 unspecified atom stereocenters. The average Bonchev–Trinajstić information content (AvgIpc) is 3.28. The zero-order valence-electron chi connectivity index (χ0n) is 17.5. The highest BCUT2D eigenvalue weighted by molar-refractivity contribution is 7.48. The van der Waals surface area contributed by atoms with E-state index in [1.54, 1.807) is 17.8 Å². The number of esters is 1. The van der Waals surface area contributed by atoms with Crippen LogP contribution in [0.2, 0.25) is 0 Å². The van der Waals surface area contributed by atoms with E-state index in [9.17, 15) is 9.36 Å². The number of imidazole rings is 1. The van der Waals surface area contributed by atoms with Crippen LogP contribution >= 0.6 is 7.82 Å². The Labute approximate surface area is 177 Å². The second-order valence-electron chi connectivity index (χ2n) is 7.15. The number of nitrogen functional groups attached to an aromatic ring is 1. The van der Waals surface area contributed by atoms with Gasteiger partial charge in [-0.2, -0.15) is 9.97 Å². The average molecular weight is 457 g/mol. The van der Waals surface area contributed by atoms with Crippen LogP contribution in [-0.4, -0.2) is 64.1 Å². The number of anilines is 1. The van der Waals surface area contributed by atoms with Crippen molar-refractivity contribution in [2.24, 2.45) is 5.92 Å². The molecule has 0 aromatic carbocycles. The molecule has 31 heavy (non-hydrogen) atoms. The van der Waals surface area contributed by atoms with E-state index in [4.69, 9.17) is 33.5 Å². The third-order valence-electron chi connectivity index (χ3n) is 5.08. The van der Waals surface area contributed by atoms with Gasteiger partial charge in [0.1, 0.15) is 18.4 Å². The molecule has 14 heteroatoms. The number of fused-ring (bicyclic) bond motifs is 2. The molecular formula is C17H24N5O8P. The summed E-state index contributed by atoms with van der Waals surface area (Å²) in [4.78, 5) is 24.4. The Bertz CT molecular complexity index is 1030. The maximum Gasteiger partial charge on any atom is 0.476 e. The van der Waals surface area contributed by atoms with Crippen LogP contribution in [0.5, 0.6) is 5.88 Å². The van der Waals surface area contributed by atoms with Crippen molar-refractivity contribution in [2.75, 3.05) is 26.1 Å². The summed E-state index contributed by atoms with van der Waals surface area (Å²) < 4.78 is 47.1. The van der Waals surface area contributed by atoms with Crippen molar-refractivity contribution in [1.29, 1.82) is 0 Å². The Balaban J connectivity index is 1.55. The first-order valence-corrected chi connectivity index (χ1v) is 11.2. The van der Waals surface area contributed by atoms with Gasteiger partial charge in [-0.05, 0) is 13.8 Å². The van der Waals surface area contributed by atoms with Crippen molar-refractivity contribution in [3.63, 3.8) is 0 Å². The van der Waals surface area contributed by atoms with E-state index >= 15 is 0 Å². The van der Waals surface area contributed by atoms with Gasteiger partial charge in [0.2, 0.25) is 11.8 Å². The molecule has 4 rings (SSSR count). The van der Waals surface area contributed by atoms with Gasteiger partial charge in [-0.3, -0.25) is 18.1 Å². The molecule has 0 amide bonds. The lowest BCUT2D eigenvalue weighted by atomic mass is 10.0. The van der Waals surface area contributed by atoms with Crippen LogP contribution in [0.15, 0.2) is 6.33 Å². The van der Waals surface area contributed by atoms with Crippen LogP contribution in [0, 0.1) is 5.92 Å². The summed E-state index contributed by atoms with van der Waals surface area (Å²) in [6, 6.07) is 0. The smallest absolute Gasteiger partial charge is 0.476 e. The first-order chi connectivity index (χ1) is 14.8. The zero-order valence-corrected chi connectivity index (χ0v) is 18.4. The molecule has 2 aromatic rings. The predicted octanol–water partition coefficient (Wildman–Crippen LogP) is 1.44. The summed E-state index contributed by atoms with van der Waals surface area (Å²) in [5.41, 5.74) is 6.64. The van der Waals surface area contributed by atoms with E-state index in [1.165, 1.54) is 14.0 Å². The lowest BCUT2D eigenvalue weighted by Crippen LogP contribution is -2.37. The highest BCUT2D eigenvalue weighted by Gasteiger charge is 2.53. The Morgan fingerprint density at radius 1 is 1.45 bits per heavy atom. The van der Waals surface area contributed by atoms with Crippen molar-refractivity contribution in [2.45, 2.75) is 45.3 Å². The predicted molar refractivity (Wildman–Crippen MR) is 105 cm³/mol. The lowest BCUT2D eigenvalue weighted by Gasteiger charge is -2.32. The van der Waals surface area contributed by atoms with E-state index in [2.05, 4.69) is 15.0 Å². The minimum absolute atomic E-state index is 0.0274. The molecule has 2 saturated heterocycles. The Kier molecular flexibility index (Phi) is 5.88. The molecule has 4 heterocycles. The molecule has 2 aliphatic heterocycles. The first-order valence-electron chi connectivity index (χ1n) is 9.73. The van der Waals surface area contributed by atoms with Gasteiger partial charge in [0, 0.05) is 5.92 Å². The quantitative estimate of drug-likeness (QED) is 0.492. The molecule has 2 aliphatic rings. The summed E-state index contributed by atoms with van der Waals surface area (Å²) >= 11 is 0. The van der Waals surface area contributed by atoms with Gasteiger partial charge >= 0.3 is 13.8 Å². The summed E-state index contributed by atoms with van der Waals surface area (Å²) in [7, 11) is -2.54. The molecule has 0 aliphatic carbocycles. The molecule has 0 bridgehead atoms. The molecule has 2 fully saturated rings. The largest absolute Gasteiger partial charge is 0.479 e. The van der Waals surface area contributed by atoms with E-state index in [-0.39, 0.29) is 31.0 Å². The van der Waals surface area contributed by atoms with Crippen LogP contribution in [-0.2, 0) is 32.4 Å². The standard InChI is InChI=1S/C17H24N5O8P/c1-5-26-16(23)9(3)29-31(24)27-6-10-12(30-31)8(2)15(28-10)22-7-19-11-13(22)20-17(18)21-14(11)25-4/h7-10,12,15H,5-6H2,1-4H3,(H2,18,20,21)/t8-,9-,10+,12-,15+,31+/m0/s1. The minimum Gasteiger partial charge on any atom is -0.479 e. The lowest BCUT2D eigenvalue weighted by molar-refractivity contribution is -0.152. The van der Waals surface area contributed by atoms with E-state index in [1.807, 2.05) is 6.92 Å². The Hall–Kier alpha value is -2.31. The number of rotatable bonds is 6. The second kappa shape index (κ2) is 8.32.